The minimum Gasteiger partial charge on any atom is -0.507 e. The molecule has 0 spiro atoms. The molecule has 2 aromatic rings. The molecule has 0 saturated heterocycles. The molecule has 2 aromatic carbocycles. The average molecular weight is 498 g/mol. The number of aliphatic hydroxyl groups excluding tert-OH is 1. The van der Waals surface area contributed by atoms with Crippen molar-refractivity contribution in [2.75, 3.05) is 13.2 Å². The van der Waals surface area contributed by atoms with E-state index in [0.29, 0.717) is 18.0 Å². The molecule has 0 saturated carbocycles. The number of aryl methyl sites for hydroxylation is 4. The van der Waals surface area contributed by atoms with E-state index in [0.717, 1.165) is 112 Å². The molecule has 0 aromatic heterocycles. The fourth-order valence-electron chi connectivity index (χ4n) is 4.95. The summed E-state index contributed by atoms with van der Waals surface area (Å²) < 4.78 is 0. The molecule has 202 valence electrons. The SMILES string of the molecule is CCCCc1cc(CN(CCO)Cc2cc(CCCC)c(O)c(CCCC)c2)cc(CCCC)c1O. The first kappa shape index (κ1) is 30.2. The van der Waals surface area contributed by atoms with Gasteiger partial charge in [0.15, 0.2) is 0 Å². The van der Waals surface area contributed by atoms with E-state index >= 15 is 0 Å². The molecular formula is C32H51NO3. The van der Waals surface area contributed by atoms with E-state index in [1.165, 1.54) is 11.1 Å². The van der Waals surface area contributed by atoms with Crippen LogP contribution in [0.3, 0.4) is 0 Å². The molecule has 0 atom stereocenters. The second kappa shape index (κ2) is 16.7. The lowest BCUT2D eigenvalue weighted by Gasteiger charge is -2.24. The first-order valence-electron chi connectivity index (χ1n) is 14.5. The monoisotopic (exact) mass is 497 g/mol. The van der Waals surface area contributed by atoms with Gasteiger partial charge in [-0.1, -0.05) is 77.6 Å². The Kier molecular flexibility index (Phi) is 14.0. The highest BCUT2D eigenvalue weighted by atomic mass is 16.3. The standard InChI is InChI=1S/C32H51NO3/c1-5-9-13-27-19-25(20-28(31(27)35)14-10-6-2)23-33(17-18-34)24-26-21-29(15-11-7-3)32(36)30(22-26)16-12-8-4/h19-22,34-36H,5-18,23-24H2,1-4H3. The Balaban J connectivity index is 2.34. The zero-order valence-corrected chi connectivity index (χ0v) is 23.4. The van der Waals surface area contributed by atoms with Crippen molar-refractivity contribution >= 4 is 0 Å². The van der Waals surface area contributed by atoms with Crippen LogP contribution in [0.1, 0.15) is 112 Å². The average Bonchev–Trinajstić information content (AvgIpc) is 2.87. The summed E-state index contributed by atoms with van der Waals surface area (Å²) in [6, 6.07) is 8.67. The van der Waals surface area contributed by atoms with Gasteiger partial charge in [0.25, 0.3) is 0 Å². The van der Waals surface area contributed by atoms with Crippen LogP contribution >= 0.6 is 0 Å². The minimum atomic E-state index is 0.104. The van der Waals surface area contributed by atoms with E-state index in [1.54, 1.807) is 0 Å². The normalized spacial score (nSPS) is 11.5. The predicted molar refractivity (Wildman–Crippen MR) is 152 cm³/mol. The van der Waals surface area contributed by atoms with E-state index in [4.69, 9.17) is 0 Å². The number of nitrogens with zero attached hydrogens (tertiary/aromatic N) is 1. The number of aliphatic hydroxyl groups is 1. The van der Waals surface area contributed by atoms with Crippen LogP contribution in [-0.4, -0.2) is 33.4 Å². The summed E-state index contributed by atoms with van der Waals surface area (Å²) in [6.07, 6.45) is 12.3. The summed E-state index contributed by atoms with van der Waals surface area (Å²) in [4.78, 5) is 2.29. The minimum absolute atomic E-state index is 0.104. The van der Waals surface area contributed by atoms with Crippen molar-refractivity contribution in [1.29, 1.82) is 0 Å². The molecule has 0 radical (unpaired) electrons. The zero-order chi connectivity index (χ0) is 26.3. The Labute approximate surface area is 220 Å². The van der Waals surface area contributed by atoms with Gasteiger partial charge in [-0.15, -0.1) is 0 Å². The van der Waals surface area contributed by atoms with Crippen LogP contribution in [0, 0.1) is 0 Å². The van der Waals surface area contributed by atoms with Gasteiger partial charge >= 0.3 is 0 Å². The van der Waals surface area contributed by atoms with E-state index in [2.05, 4.69) is 56.9 Å². The quantitative estimate of drug-likeness (QED) is 0.200. The van der Waals surface area contributed by atoms with Gasteiger partial charge in [0.2, 0.25) is 0 Å². The number of unbranched alkanes of at least 4 members (excludes halogenated alkanes) is 4. The van der Waals surface area contributed by atoms with Crippen molar-refractivity contribution in [3.05, 3.63) is 57.6 Å². The Morgan fingerprint density at radius 3 is 1.11 bits per heavy atom. The molecule has 4 heteroatoms. The van der Waals surface area contributed by atoms with Crippen LogP contribution < -0.4 is 0 Å². The second-order valence-corrected chi connectivity index (χ2v) is 10.4. The van der Waals surface area contributed by atoms with Crippen molar-refractivity contribution in [3.8, 4) is 11.5 Å². The van der Waals surface area contributed by atoms with Gasteiger partial charge in [0.1, 0.15) is 11.5 Å². The van der Waals surface area contributed by atoms with Crippen molar-refractivity contribution in [3.63, 3.8) is 0 Å². The van der Waals surface area contributed by atoms with Crippen molar-refractivity contribution in [1.82, 2.24) is 4.90 Å². The fraction of sp³-hybridized carbons (Fsp3) is 0.625. The maximum atomic E-state index is 10.9. The van der Waals surface area contributed by atoms with Gasteiger partial charge in [-0.25, -0.2) is 0 Å². The van der Waals surface area contributed by atoms with Gasteiger partial charge in [0, 0.05) is 19.6 Å². The smallest absolute Gasteiger partial charge is 0.121 e. The van der Waals surface area contributed by atoms with E-state index in [1.807, 2.05) is 0 Å². The molecule has 3 N–H and O–H groups in total. The Bertz CT molecular complexity index is 779. The number of benzene rings is 2. The Morgan fingerprint density at radius 2 is 0.861 bits per heavy atom. The zero-order valence-electron chi connectivity index (χ0n) is 23.4. The molecule has 36 heavy (non-hydrogen) atoms. The van der Waals surface area contributed by atoms with Crippen molar-refractivity contribution in [2.45, 2.75) is 118 Å². The Morgan fingerprint density at radius 1 is 0.556 bits per heavy atom. The van der Waals surface area contributed by atoms with Crippen LogP contribution in [0.5, 0.6) is 11.5 Å². The summed E-state index contributed by atoms with van der Waals surface area (Å²) >= 11 is 0. The van der Waals surface area contributed by atoms with Gasteiger partial charge < -0.3 is 15.3 Å². The lowest BCUT2D eigenvalue weighted by molar-refractivity contribution is 0.184. The topological polar surface area (TPSA) is 63.9 Å². The molecule has 0 heterocycles. The predicted octanol–water partition coefficient (Wildman–Crippen LogP) is 7.46. The number of hydrogen-bond donors (Lipinski definition) is 3. The molecule has 0 aliphatic rings. The molecule has 0 amide bonds. The summed E-state index contributed by atoms with van der Waals surface area (Å²) in [6.45, 7) is 10.9. The third kappa shape index (κ3) is 9.44. The fourth-order valence-corrected chi connectivity index (χ4v) is 4.95. The summed E-state index contributed by atoms with van der Waals surface area (Å²) in [5.41, 5.74) is 6.62. The summed E-state index contributed by atoms with van der Waals surface area (Å²) in [7, 11) is 0. The highest BCUT2D eigenvalue weighted by molar-refractivity contribution is 5.45. The molecular weight excluding hydrogens is 446 g/mol. The number of rotatable bonds is 18. The van der Waals surface area contributed by atoms with Gasteiger partial charge in [-0.05, 0) is 84.7 Å². The first-order valence-corrected chi connectivity index (χ1v) is 14.5. The number of phenols is 2. The van der Waals surface area contributed by atoms with Gasteiger partial charge in [-0.2, -0.15) is 0 Å². The van der Waals surface area contributed by atoms with Crippen molar-refractivity contribution in [2.24, 2.45) is 0 Å². The summed E-state index contributed by atoms with van der Waals surface area (Å²) in [5.74, 6) is 0.961. The first-order chi connectivity index (χ1) is 17.5. The van der Waals surface area contributed by atoms with Crippen LogP contribution in [0.2, 0.25) is 0 Å². The summed E-state index contributed by atoms with van der Waals surface area (Å²) in [5, 5.41) is 31.6. The number of phenolic OH excluding ortho intramolecular Hbond substituents is 2. The van der Waals surface area contributed by atoms with Crippen molar-refractivity contribution < 1.29 is 15.3 Å². The van der Waals surface area contributed by atoms with Crippen LogP contribution in [0.15, 0.2) is 24.3 Å². The highest BCUT2D eigenvalue weighted by Crippen LogP contribution is 2.30. The maximum Gasteiger partial charge on any atom is 0.121 e. The number of aromatic hydroxyl groups is 2. The highest BCUT2D eigenvalue weighted by Gasteiger charge is 2.15. The lowest BCUT2D eigenvalue weighted by Crippen LogP contribution is -2.26. The van der Waals surface area contributed by atoms with Crippen LogP contribution in [0.4, 0.5) is 0 Å². The molecule has 0 aliphatic carbocycles. The van der Waals surface area contributed by atoms with Gasteiger partial charge in [0.05, 0.1) is 6.61 Å². The van der Waals surface area contributed by atoms with E-state index in [9.17, 15) is 15.3 Å². The maximum absolute atomic E-state index is 10.9. The third-order valence-corrected chi connectivity index (χ3v) is 7.08. The van der Waals surface area contributed by atoms with Crippen LogP contribution in [-0.2, 0) is 38.8 Å². The molecule has 0 bridgehead atoms. The largest absolute Gasteiger partial charge is 0.507 e. The van der Waals surface area contributed by atoms with Crippen LogP contribution in [0.25, 0.3) is 0 Å². The van der Waals surface area contributed by atoms with E-state index in [-0.39, 0.29) is 6.61 Å². The van der Waals surface area contributed by atoms with E-state index < -0.39 is 0 Å². The number of hydrogen-bond acceptors (Lipinski definition) is 4. The Hall–Kier alpha value is -2.04. The molecule has 0 fully saturated rings. The third-order valence-electron chi connectivity index (χ3n) is 7.08. The molecule has 2 rings (SSSR count). The lowest BCUT2D eigenvalue weighted by atomic mass is 9.96. The molecule has 0 aliphatic heterocycles. The second-order valence-electron chi connectivity index (χ2n) is 10.4. The van der Waals surface area contributed by atoms with Gasteiger partial charge in [-0.3, -0.25) is 4.90 Å². The molecule has 4 nitrogen and oxygen atoms in total. The molecule has 0 unspecified atom stereocenters.